The molecule has 2 aromatic carbocycles. The lowest BCUT2D eigenvalue weighted by Crippen LogP contribution is -2.51. The van der Waals surface area contributed by atoms with Crippen molar-refractivity contribution in [3.05, 3.63) is 65.4 Å². The molecule has 1 N–H and O–H groups in total. The number of nitrogens with one attached hydrogen (secondary N) is 1. The molecule has 3 aromatic rings. The fraction of sp³-hybridized carbons (Fsp3) is 0.211. The molecular weight excluding hydrogens is 318 g/mol. The predicted molar refractivity (Wildman–Crippen MR) is 101 cm³/mol. The summed E-state index contributed by atoms with van der Waals surface area (Å²) in [6.07, 6.45) is 0.853. The number of hydrogen-bond donors (Lipinski definition) is 1. The van der Waals surface area contributed by atoms with Gasteiger partial charge < -0.3 is 14.8 Å². The Labute approximate surface area is 147 Å². The fourth-order valence-electron chi connectivity index (χ4n) is 4.08. The van der Waals surface area contributed by atoms with Gasteiger partial charge in [-0.2, -0.15) is 13.5 Å². The second-order valence-corrected chi connectivity index (χ2v) is 6.31. The molecule has 0 radical (unpaired) electrons. The zero-order valence-corrected chi connectivity index (χ0v) is 14.4. The Morgan fingerprint density at radius 3 is 2.71 bits per heavy atom. The maximum absolute atomic E-state index is 12.9. The highest BCUT2D eigenvalue weighted by Gasteiger charge is 2.41. The van der Waals surface area contributed by atoms with E-state index in [1.807, 2.05) is 35.2 Å². The molecule has 1 amide bonds. The van der Waals surface area contributed by atoms with Crippen LogP contribution in [0.1, 0.15) is 27.8 Å². The largest absolute Gasteiger partial charge is 0.355 e. The van der Waals surface area contributed by atoms with Gasteiger partial charge >= 0.3 is 0 Å². The fourth-order valence-corrected chi connectivity index (χ4v) is 4.08. The highest BCUT2D eigenvalue weighted by atomic mass is 32.1. The van der Waals surface area contributed by atoms with E-state index in [2.05, 4.69) is 35.1 Å². The lowest BCUT2D eigenvalue weighted by molar-refractivity contribution is 0.0634. The molecule has 5 rings (SSSR count). The number of carbonyl (C=O) groups excluding carboxylic acids is 1. The number of H-pyrrole nitrogens is 1. The second-order valence-electron chi connectivity index (χ2n) is 6.31. The summed E-state index contributed by atoms with van der Waals surface area (Å²) in [5.74, 6) is 0.132. The van der Waals surface area contributed by atoms with Crippen molar-refractivity contribution in [2.45, 2.75) is 12.6 Å². The van der Waals surface area contributed by atoms with E-state index in [1.165, 1.54) is 10.9 Å². The summed E-state index contributed by atoms with van der Waals surface area (Å²) in [4.78, 5) is 20.7. The molecule has 0 saturated heterocycles. The Hall–Kier alpha value is -2.40. The molecule has 24 heavy (non-hydrogen) atoms. The smallest absolute Gasteiger partial charge is 0.257 e. The maximum atomic E-state index is 12.9. The van der Waals surface area contributed by atoms with Gasteiger partial charge in [0.25, 0.3) is 5.91 Å². The molecule has 2 aliphatic rings. The van der Waals surface area contributed by atoms with Gasteiger partial charge in [0.15, 0.2) is 0 Å². The van der Waals surface area contributed by atoms with Gasteiger partial charge in [-0.05, 0) is 30.2 Å². The summed E-state index contributed by atoms with van der Waals surface area (Å²) in [5.41, 5.74) is 5.46. The van der Waals surface area contributed by atoms with Crippen molar-refractivity contribution >= 4 is 36.0 Å². The van der Waals surface area contributed by atoms with Gasteiger partial charge in [0.1, 0.15) is 6.17 Å². The molecule has 0 aliphatic carbocycles. The summed E-state index contributed by atoms with van der Waals surface area (Å²) in [6.45, 7) is 0.761. The van der Waals surface area contributed by atoms with Crippen molar-refractivity contribution in [1.82, 2.24) is 9.88 Å². The number of nitrogens with zero attached hydrogens (tertiary/aromatic N) is 2. The molecule has 0 fully saturated rings. The average molecular weight is 337 g/mol. The molecule has 0 saturated carbocycles. The molecule has 0 bridgehead atoms. The van der Waals surface area contributed by atoms with Crippen molar-refractivity contribution in [1.29, 1.82) is 0 Å². The quantitative estimate of drug-likeness (QED) is 0.683. The number of carbonyl (C=O) groups is 1. The van der Waals surface area contributed by atoms with Crippen molar-refractivity contribution in [2.75, 3.05) is 18.5 Å². The number of anilines is 1. The predicted octanol–water partition coefficient (Wildman–Crippen LogP) is 3.43. The van der Waals surface area contributed by atoms with E-state index in [4.69, 9.17) is 0 Å². The van der Waals surface area contributed by atoms with E-state index in [0.29, 0.717) is 0 Å². The van der Waals surface area contributed by atoms with Crippen LogP contribution in [0.4, 0.5) is 5.69 Å². The van der Waals surface area contributed by atoms with Crippen molar-refractivity contribution in [3.63, 3.8) is 0 Å². The Kier molecular flexibility index (Phi) is 3.35. The van der Waals surface area contributed by atoms with Crippen LogP contribution in [0.3, 0.4) is 0 Å². The minimum atomic E-state index is -0.0476. The first kappa shape index (κ1) is 15.1. The first-order valence-corrected chi connectivity index (χ1v) is 7.98. The molecule has 0 unspecified atom stereocenters. The van der Waals surface area contributed by atoms with Gasteiger partial charge in [-0.3, -0.25) is 4.79 Å². The van der Waals surface area contributed by atoms with E-state index in [0.717, 1.165) is 35.4 Å². The van der Waals surface area contributed by atoms with Crippen LogP contribution in [0.25, 0.3) is 10.9 Å². The summed E-state index contributed by atoms with van der Waals surface area (Å²) in [5, 5.41) is 1.28. The average Bonchev–Trinajstić information content (AvgIpc) is 2.98. The lowest BCUT2D eigenvalue weighted by atomic mass is 9.96. The highest BCUT2D eigenvalue weighted by molar-refractivity contribution is 7.59. The molecule has 0 spiro atoms. The van der Waals surface area contributed by atoms with Gasteiger partial charge in [-0.15, -0.1) is 0 Å². The third-order valence-electron chi connectivity index (χ3n) is 5.14. The van der Waals surface area contributed by atoms with Crippen LogP contribution in [0.2, 0.25) is 0 Å². The number of aromatic amines is 1. The number of aromatic nitrogens is 1. The number of hydrogen-bond acceptors (Lipinski definition) is 2. The second kappa shape index (κ2) is 5.31. The van der Waals surface area contributed by atoms with E-state index in [1.54, 1.807) is 0 Å². The Morgan fingerprint density at radius 1 is 1.08 bits per heavy atom. The summed E-state index contributed by atoms with van der Waals surface area (Å²) < 4.78 is 0. The van der Waals surface area contributed by atoms with Gasteiger partial charge in [0.2, 0.25) is 0 Å². The monoisotopic (exact) mass is 337 g/mol. The van der Waals surface area contributed by atoms with Crippen LogP contribution in [0.5, 0.6) is 0 Å². The van der Waals surface area contributed by atoms with Crippen molar-refractivity contribution in [2.24, 2.45) is 0 Å². The Morgan fingerprint density at radius 2 is 1.83 bits per heavy atom. The van der Waals surface area contributed by atoms with Gasteiger partial charge in [-0.1, -0.05) is 30.3 Å². The molecule has 3 heterocycles. The Bertz CT molecular complexity index is 949. The number of rotatable bonds is 0. The molecule has 122 valence electrons. The number of fused-ring (bicyclic) bond motifs is 6. The van der Waals surface area contributed by atoms with Crippen molar-refractivity contribution < 1.29 is 4.79 Å². The normalized spacial score (nSPS) is 18.7. The first-order valence-electron chi connectivity index (χ1n) is 7.98. The molecule has 1 atom stereocenters. The molecule has 2 aliphatic heterocycles. The topological polar surface area (TPSA) is 39.3 Å². The van der Waals surface area contributed by atoms with Crippen molar-refractivity contribution in [3.8, 4) is 0 Å². The van der Waals surface area contributed by atoms with Crippen LogP contribution >= 0.6 is 13.5 Å². The summed E-state index contributed by atoms with van der Waals surface area (Å²) in [6, 6.07) is 16.3. The third-order valence-corrected chi connectivity index (χ3v) is 5.14. The van der Waals surface area contributed by atoms with Gasteiger partial charge in [0, 0.05) is 24.5 Å². The van der Waals surface area contributed by atoms with Crippen LogP contribution in [-0.2, 0) is 6.42 Å². The standard InChI is InChI=1S/C19H17N3O.H2S/c1-21-16-9-5-3-7-14(16)19(23)22-11-10-13-12-6-2-4-8-15(12)20-17(13)18(21)22;/h2-9,18,20H,10-11H2,1H3;1H2/t18-;/m0./s1. The van der Waals surface area contributed by atoms with E-state index < -0.39 is 0 Å². The van der Waals surface area contributed by atoms with Crippen LogP contribution in [0, 0.1) is 0 Å². The highest BCUT2D eigenvalue weighted by Crippen LogP contribution is 2.42. The van der Waals surface area contributed by atoms with Crippen LogP contribution in [0.15, 0.2) is 48.5 Å². The first-order chi connectivity index (χ1) is 11.3. The zero-order valence-electron chi connectivity index (χ0n) is 13.4. The van der Waals surface area contributed by atoms with E-state index >= 15 is 0 Å². The maximum Gasteiger partial charge on any atom is 0.257 e. The molecule has 5 heteroatoms. The van der Waals surface area contributed by atoms with E-state index in [-0.39, 0.29) is 25.6 Å². The third kappa shape index (κ3) is 1.85. The van der Waals surface area contributed by atoms with Gasteiger partial charge in [-0.25, -0.2) is 0 Å². The minimum Gasteiger partial charge on any atom is -0.355 e. The van der Waals surface area contributed by atoms with Crippen LogP contribution in [-0.4, -0.2) is 29.4 Å². The SMILES string of the molecule is CN1c2ccccc2C(=O)N2CCc3c([nH]c4ccccc34)[C@H]21.S. The van der Waals surface area contributed by atoms with Gasteiger partial charge in [0.05, 0.1) is 16.9 Å². The summed E-state index contributed by atoms with van der Waals surface area (Å²) in [7, 11) is 2.07. The zero-order chi connectivity index (χ0) is 15.6. The minimum absolute atomic E-state index is 0. The number of amides is 1. The molecule has 1 aromatic heterocycles. The number of para-hydroxylation sites is 2. The molecular formula is C19H19N3OS. The Balaban J connectivity index is 0.00000146. The van der Waals surface area contributed by atoms with Crippen LogP contribution < -0.4 is 4.90 Å². The lowest BCUT2D eigenvalue weighted by Gasteiger charge is -2.46. The van der Waals surface area contributed by atoms with E-state index in [9.17, 15) is 4.79 Å². The summed E-state index contributed by atoms with van der Waals surface area (Å²) >= 11 is 0. The number of benzene rings is 2. The molecule has 4 nitrogen and oxygen atoms in total.